The fourth-order valence-corrected chi connectivity index (χ4v) is 3.74. The minimum atomic E-state index is 0.781. The Morgan fingerprint density at radius 3 is 2.37 bits per heavy atom. The van der Waals surface area contributed by atoms with E-state index < -0.39 is 0 Å². The summed E-state index contributed by atoms with van der Waals surface area (Å²) in [6, 6.07) is 0.912. The Hall–Kier alpha value is -0.0800. The number of hydrogen-bond acceptors (Lipinski definition) is 2. The molecule has 0 bridgehead atoms. The van der Waals surface area contributed by atoms with Crippen LogP contribution in [0.25, 0.3) is 0 Å². The van der Waals surface area contributed by atoms with Gasteiger partial charge < -0.3 is 10.2 Å². The van der Waals surface area contributed by atoms with Crippen molar-refractivity contribution < 1.29 is 0 Å². The van der Waals surface area contributed by atoms with Gasteiger partial charge in [0.15, 0.2) is 0 Å². The molecule has 2 fully saturated rings. The number of rotatable bonds is 5. The van der Waals surface area contributed by atoms with Crippen molar-refractivity contribution in [1.29, 1.82) is 0 Å². The van der Waals surface area contributed by atoms with Crippen LogP contribution in [-0.4, -0.2) is 37.1 Å². The minimum absolute atomic E-state index is 0.781. The molecule has 1 atom stereocenters. The van der Waals surface area contributed by atoms with Crippen molar-refractivity contribution in [2.24, 2.45) is 11.8 Å². The highest BCUT2D eigenvalue weighted by Gasteiger charge is 2.27. The summed E-state index contributed by atoms with van der Waals surface area (Å²) in [5.74, 6) is 1.69. The summed E-state index contributed by atoms with van der Waals surface area (Å²) in [6.45, 7) is 9.72. The zero-order valence-electron chi connectivity index (χ0n) is 13.2. The lowest BCUT2D eigenvalue weighted by molar-refractivity contribution is 0.195. The van der Waals surface area contributed by atoms with E-state index in [0.29, 0.717) is 0 Å². The molecule has 1 saturated heterocycles. The summed E-state index contributed by atoms with van der Waals surface area (Å²) >= 11 is 0. The molecule has 0 radical (unpaired) electrons. The smallest absolute Gasteiger partial charge is 0.00953 e. The first-order valence-electron chi connectivity index (χ1n) is 8.70. The average Bonchev–Trinajstić information content (AvgIpc) is 2.76. The first kappa shape index (κ1) is 15.3. The molecular weight excluding hydrogens is 232 g/mol. The van der Waals surface area contributed by atoms with E-state index in [0.717, 1.165) is 17.9 Å². The third-order valence-corrected chi connectivity index (χ3v) is 4.89. The maximum Gasteiger partial charge on any atom is 0.00953 e. The summed E-state index contributed by atoms with van der Waals surface area (Å²) in [5.41, 5.74) is 0. The Kier molecular flexibility index (Phi) is 6.66. The van der Waals surface area contributed by atoms with E-state index in [-0.39, 0.29) is 0 Å². The van der Waals surface area contributed by atoms with Gasteiger partial charge in [-0.3, -0.25) is 0 Å². The molecule has 1 N–H and O–H groups in total. The molecule has 112 valence electrons. The Labute approximate surface area is 120 Å². The Balaban J connectivity index is 1.67. The van der Waals surface area contributed by atoms with E-state index in [1.807, 2.05) is 0 Å². The highest BCUT2D eigenvalue weighted by atomic mass is 15.2. The number of nitrogens with one attached hydrogen (secondary N) is 1. The zero-order chi connectivity index (χ0) is 13.5. The maximum absolute atomic E-state index is 3.65. The summed E-state index contributed by atoms with van der Waals surface area (Å²) in [6.07, 6.45) is 11.7. The van der Waals surface area contributed by atoms with Crippen LogP contribution in [-0.2, 0) is 0 Å². The second-order valence-corrected chi connectivity index (χ2v) is 7.20. The molecule has 1 heterocycles. The maximum atomic E-state index is 3.65. The lowest BCUT2D eigenvalue weighted by atomic mass is 9.96. The highest BCUT2D eigenvalue weighted by Crippen LogP contribution is 2.26. The van der Waals surface area contributed by atoms with E-state index in [1.165, 1.54) is 77.5 Å². The molecule has 2 heteroatoms. The second-order valence-electron chi connectivity index (χ2n) is 7.20. The van der Waals surface area contributed by atoms with Gasteiger partial charge in [0.2, 0.25) is 0 Å². The molecule has 2 aliphatic rings. The number of nitrogens with zero attached hydrogens (tertiary/aromatic N) is 1. The Morgan fingerprint density at radius 1 is 1.00 bits per heavy atom. The quantitative estimate of drug-likeness (QED) is 0.817. The lowest BCUT2D eigenvalue weighted by Gasteiger charge is -2.29. The van der Waals surface area contributed by atoms with Crippen LogP contribution in [0, 0.1) is 11.8 Å². The minimum Gasteiger partial charge on any atom is -0.316 e. The Bertz CT molecular complexity index is 231. The third kappa shape index (κ3) is 5.43. The largest absolute Gasteiger partial charge is 0.316 e. The third-order valence-electron chi connectivity index (χ3n) is 4.89. The van der Waals surface area contributed by atoms with Crippen molar-refractivity contribution in [3.63, 3.8) is 0 Å². The van der Waals surface area contributed by atoms with Gasteiger partial charge in [0, 0.05) is 12.6 Å². The molecule has 0 spiro atoms. The van der Waals surface area contributed by atoms with Crippen LogP contribution in [0.15, 0.2) is 0 Å². The van der Waals surface area contributed by atoms with Crippen LogP contribution in [0.2, 0.25) is 0 Å². The molecule has 1 saturated carbocycles. The van der Waals surface area contributed by atoms with Crippen LogP contribution in [0.3, 0.4) is 0 Å². The van der Waals surface area contributed by atoms with E-state index in [1.54, 1.807) is 0 Å². The van der Waals surface area contributed by atoms with E-state index in [9.17, 15) is 0 Å². The van der Waals surface area contributed by atoms with Crippen molar-refractivity contribution in [1.82, 2.24) is 10.2 Å². The molecule has 0 aromatic heterocycles. The molecule has 2 nitrogen and oxygen atoms in total. The summed E-state index contributed by atoms with van der Waals surface area (Å²) in [4.78, 5) is 2.81. The molecule has 19 heavy (non-hydrogen) atoms. The number of likely N-dealkylation sites (tertiary alicyclic amines) is 1. The monoisotopic (exact) mass is 266 g/mol. The van der Waals surface area contributed by atoms with E-state index in [4.69, 9.17) is 0 Å². The number of hydrogen-bond donors (Lipinski definition) is 1. The van der Waals surface area contributed by atoms with Gasteiger partial charge >= 0.3 is 0 Å². The summed E-state index contributed by atoms with van der Waals surface area (Å²) < 4.78 is 0. The van der Waals surface area contributed by atoms with Crippen LogP contribution >= 0.6 is 0 Å². The van der Waals surface area contributed by atoms with Gasteiger partial charge in [0.1, 0.15) is 0 Å². The highest BCUT2D eigenvalue weighted by molar-refractivity contribution is 4.83. The summed E-state index contributed by atoms with van der Waals surface area (Å²) in [7, 11) is 0. The van der Waals surface area contributed by atoms with Crippen molar-refractivity contribution in [2.45, 2.75) is 71.3 Å². The van der Waals surface area contributed by atoms with Crippen molar-refractivity contribution in [3.05, 3.63) is 0 Å². The molecule has 0 aromatic carbocycles. The standard InChI is InChI=1S/C17H34N2/c1-15(2)12-18-13-16-10-11-19(14-16)17-8-6-4-3-5-7-9-17/h15-18H,3-14H2,1-2H3. The molecule has 1 aliphatic heterocycles. The normalized spacial score (nSPS) is 27.6. The molecule has 1 unspecified atom stereocenters. The van der Waals surface area contributed by atoms with Gasteiger partial charge in [-0.25, -0.2) is 0 Å². The van der Waals surface area contributed by atoms with Gasteiger partial charge in [-0.05, 0) is 50.7 Å². The molecule has 0 aromatic rings. The van der Waals surface area contributed by atoms with Crippen LogP contribution in [0.1, 0.15) is 65.2 Å². The SMILES string of the molecule is CC(C)CNCC1CCN(C2CCCCCCC2)C1. The molecule has 0 amide bonds. The topological polar surface area (TPSA) is 15.3 Å². The predicted molar refractivity (Wildman–Crippen MR) is 83.5 cm³/mol. The first-order chi connectivity index (χ1) is 9.25. The van der Waals surface area contributed by atoms with Crippen LogP contribution in [0.5, 0.6) is 0 Å². The predicted octanol–water partition coefficient (Wildman–Crippen LogP) is 3.67. The first-order valence-corrected chi connectivity index (χ1v) is 8.70. The molecular formula is C17H34N2. The average molecular weight is 266 g/mol. The summed E-state index contributed by atoms with van der Waals surface area (Å²) in [5, 5.41) is 3.65. The van der Waals surface area contributed by atoms with E-state index >= 15 is 0 Å². The fourth-order valence-electron chi connectivity index (χ4n) is 3.74. The Morgan fingerprint density at radius 2 is 1.68 bits per heavy atom. The van der Waals surface area contributed by atoms with Gasteiger partial charge in [-0.15, -0.1) is 0 Å². The van der Waals surface area contributed by atoms with E-state index in [2.05, 4.69) is 24.1 Å². The van der Waals surface area contributed by atoms with Crippen molar-refractivity contribution in [3.8, 4) is 0 Å². The lowest BCUT2D eigenvalue weighted by Crippen LogP contribution is -2.35. The van der Waals surface area contributed by atoms with Gasteiger partial charge in [-0.2, -0.15) is 0 Å². The van der Waals surface area contributed by atoms with Crippen molar-refractivity contribution >= 4 is 0 Å². The second kappa shape index (κ2) is 8.26. The zero-order valence-corrected chi connectivity index (χ0v) is 13.2. The molecule has 2 rings (SSSR count). The fraction of sp³-hybridized carbons (Fsp3) is 1.00. The van der Waals surface area contributed by atoms with Gasteiger partial charge in [0.25, 0.3) is 0 Å². The van der Waals surface area contributed by atoms with Gasteiger partial charge in [0.05, 0.1) is 0 Å². The molecule has 1 aliphatic carbocycles. The van der Waals surface area contributed by atoms with Gasteiger partial charge in [-0.1, -0.05) is 46.0 Å². The van der Waals surface area contributed by atoms with Crippen molar-refractivity contribution in [2.75, 3.05) is 26.2 Å². The van der Waals surface area contributed by atoms with Crippen LogP contribution < -0.4 is 5.32 Å². The van der Waals surface area contributed by atoms with Crippen LogP contribution in [0.4, 0.5) is 0 Å².